The minimum Gasteiger partial charge on any atom is -0.448 e. The third-order valence-electron chi connectivity index (χ3n) is 7.45. The highest BCUT2D eigenvalue weighted by atomic mass is 19.1. The number of rotatable bonds is 4. The first-order valence-electron chi connectivity index (χ1n) is 12.0. The van der Waals surface area contributed by atoms with Crippen molar-refractivity contribution in [3.8, 4) is 11.1 Å². The lowest BCUT2D eigenvalue weighted by molar-refractivity contribution is -0.0747. The summed E-state index contributed by atoms with van der Waals surface area (Å²) >= 11 is 0. The van der Waals surface area contributed by atoms with Crippen LogP contribution in [0.4, 0.5) is 9.18 Å². The molecule has 2 unspecified atom stereocenters. The number of piperidine rings is 1. The van der Waals surface area contributed by atoms with Crippen LogP contribution in [0.5, 0.6) is 0 Å². The zero-order chi connectivity index (χ0) is 23.9. The number of morpholine rings is 1. The molecule has 2 bridgehead atoms. The number of pyridine rings is 1. The number of fused-ring (bicyclic) bond motifs is 5. The molecule has 6 rings (SSSR count). The summed E-state index contributed by atoms with van der Waals surface area (Å²) in [5.41, 5.74) is 5.10. The van der Waals surface area contributed by atoms with Gasteiger partial charge in [-0.1, -0.05) is 48.5 Å². The van der Waals surface area contributed by atoms with Crippen molar-refractivity contribution in [2.24, 2.45) is 5.92 Å². The van der Waals surface area contributed by atoms with Crippen molar-refractivity contribution in [1.82, 2.24) is 9.88 Å². The minimum atomic E-state index is -0.614. The summed E-state index contributed by atoms with van der Waals surface area (Å²) in [7, 11) is 0. The third kappa shape index (κ3) is 3.90. The van der Waals surface area contributed by atoms with E-state index < -0.39 is 5.95 Å². The van der Waals surface area contributed by atoms with Crippen molar-refractivity contribution in [3.63, 3.8) is 0 Å². The van der Waals surface area contributed by atoms with Crippen molar-refractivity contribution in [3.05, 3.63) is 89.5 Å². The SMILES string of the molecule is O=C(c1ccc(F)nc1)C1CC2COCC(C1)N2C(=O)OCC1c2ccccc2-c2ccccc21. The van der Waals surface area contributed by atoms with Gasteiger partial charge in [0.15, 0.2) is 5.78 Å². The number of halogens is 1. The van der Waals surface area contributed by atoms with Crippen LogP contribution in [-0.4, -0.2) is 53.7 Å². The van der Waals surface area contributed by atoms with Crippen LogP contribution in [0.2, 0.25) is 0 Å². The lowest BCUT2D eigenvalue weighted by Crippen LogP contribution is -2.60. The Morgan fingerprint density at radius 1 is 0.943 bits per heavy atom. The van der Waals surface area contributed by atoms with E-state index in [1.54, 1.807) is 4.90 Å². The highest BCUT2D eigenvalue weighted by molar-refractivity contribution is 5.97. The zero-order valence-corrected chi connectivity index (χ0v) is 19.1. The van der Waals surface area contributed by atoms with Gasteiger partial charge in [0.1, 0.15) is 6.61 Å². The van der Waals surface area contributed by atoms with Gasteiger partial charge in [-0.2, -0.15) is 4.39 Å². The summed E-state index contributed by atoms with van der Waals surface area (Å²) in [6.45, 7) is 0.992. The predicted molar refractivity (Wildman–Crippen MR) is 127 cm³/mol. The van der Waals surface area contributed by atoms with E-state index in [1.165, 1.54) is 40.6 Å². The molecular weight excluding hydrogens is 447 g/mol. The van der Waals surface area contributed by atoms with E-state index in [4.69, 9.17) is 9.47 Å². The fraction of sp³-hybridized carbons (Fsp3) is 0.321. The zero-order valence-electron chi connectivity index (χ0n) is 19.1. The van der Waals surface area contributed by atoms with E-state index in [2.05, 4.69) is 29.2 Å². The van der Waals surface area contributed by atoms with Crippen molar-refractivity contribution in [1.29, 1.82) is 0 Å². The van der Waals surface area contributed by atoms with Gasteiger partial charge in [-0.25, -0.2) is 9.78 Å². The van der Waals surface area contributed by atoms with Gasteiger partial charge in [-0.05, 0) is 47.2 Å². The van der Waals surface area contributed by atoms with Gasteiger partial charge in [0, 0.05) is 23.6 Å². The highest BCUT2D eigenvalue weighted by Crippen LogP contribution is 2.44. The number of hydrogen-bond donors (Lipinski definition) is 0. The molecular formula is C28H25FN2O4. The summed E-state index contributed by atoms with van der Waals surface area (Å²) in [6, 6.07) is 18.7. The summed E-state index contributed by atoms with van der Waals surface area (Å²) in [4.78, 5) is 31.7. The number of nitrogens with zero attached hydrogens (tertiary/aromatic N) is 2. The fourth-order valence-electron chi connectivity index (χ4n) is 5.85. The van der Waals surface area contributed by atoms with E-state index in [0.717, 1.165) is 0 Å². The second-order valence-electron chi connectivity index (χ2n) is 9.46. The maximum atomic E-state index is 13.3. The second-order valence-corrected chi connectivity index (χ2v) is 9.46. The maximum Gasteiger partial charge on any atom is 0.410 e. The molecule has 2 aromatic carbocycles. The smallest absolute Gasteiger partial charge is 0.410 e. The molecule has 1 amide bonds. The largest absolute Gasteiger partial charge is 0.448 e. The Morgan fingerprint density at radius 2 is 1.57 bits per heavy atom. The molecule has 0 saturated carbocycles. The van der Waals surface area contributed by atoms with Crippen LogP contribution >= 0.6 is 0 Å². The Balaban J connectivity index is 1.16. The van der Waals surface area contributed by atoms with Gasteiger partial charge >= 0.3 is 6.09 Å². The van der Waals surface area contributed by atoms with Gasteiger partial charge < -0.3 is 9.47 Å². The van der Waals surface area contributed by atoms with Crippen LogP contribution in [0.25, 0.3) is 11.1 Å². The summed E-state index contributed by atoms with van der Waals surface area (Å²) in [5.74, 6) is -0.954. The third-order valence-corrected chi connectivity index (χ3v) is 7.45. The Hall–Kier alpha value is -3.58. The van der Waals surface area contributed by atoms with E-state index >= 15 is 0 Å². The van der Waals surface area contributed by atoms with Crippen LogP contribution in [0.15, 0.2) is 66.9 Å². The molecule has 0 spiro atoms. The molecule has 1 aliphatic carbocycles. The highest BCUT2D eigenvalue weighted by Gasteiger charge is 2.45. The topological polar surface area (TPSA) is 68.7 Å². The van der Waals surface area contributed by atoms with Crippen LogP contribution in [0.3, 0.4) is 0 Å². The minimum absolute atomic E-state index is 0.00691. The van der Waals surface area contributed by atoms with Crippen molar-refractivity contribution < 1.29 is 23.5 Å². The number of ketones is 1. The lowest BCUT2D eigenvalue weighted by Gasteiger charge is -2.47. The Morgan fingerprint density at radius 3 is 2.17 bits per heavy atom. The number of carbonyl (C=O) groups is 2. The molecule has 3 aliphatic rings. The Labute approximate surface area is 202 Å². The first-order chi connectivity index (χ1) is 17.1. The first kappa shape index (κ1) is 21.9. The normalized spacial score (nSPS) is 22.9. The first-order valence-corrected chi connectivity index (χ1v) is 12.0. The quantitative estimate of drug-likeness (QED) is 0.402. The molecule has 0 radical (unpaired) electrons. The molecule has 0 N–H and O–H groups in total. The van der Waals surface area contributed by atoms with Crippen LogP contribution in [0, 0.1) is 11.9 Å². The number of carbonyl (C=O) groups excluding carboxylic acids is 2. The molecule has 2 fully saturated rings. The van der Waals surface area contributed by atoms with Crippen molar-refractivity contribution >= 4 is 11.9 Å². The number of benzene rings is 2. The molecule has 2 aliphatic heterocycles. The van der Waals surface area contributed by atoms with E-state index in [1.807, 2.05) is 24.3 Å². The average molecular weight is 473 g/mol. The standard InChI is InChI=1S/C28H25FN2O4/c29-26-10-9-17(13-30-26)27(32)18-11-19-14-34-15-20(12-18)31(19)28(33)35-16-25-23-7-3-1-5-21(23)22-6-2-4-8-24(22)25/h1-10,13,18-20,25H,11-12,14-16H2. The van der Waals surface area contributed by atoms with E-state index in [0.29, 0.717) is 31.6 Å². The molecule has 6 nitrogen and oxygen atoms in total. The molecule has 1 aromatic heterocycles. The second kappa shape index (κ2) is 8.89. The average Bonchev–Trinajstić information content (AvgIpc) is 3.20. The monoisotopic (exact) mass is 472 g/mol. The summed E-state index contributed by atoms with van der Waals surface area (Å²) in [5, 5.41) is 0. The van der Waals surface area contributed by atoms with Gasteiger partial charge in [0.05, 0.1) is 25.3 Å². The molecule has 3 aromatic rings. The van der Waals surface area contributed by atoms with Gasteiger partial charge in [-0.3, -0.25) is 9.69 Å². The summed E-state index contributed by atoms with van der Waals surface area (Å²) < 4.78 is 24.8. The fourth-order valence-corrected chi connectivity index (χ4v) is 5.85. The maximum absolute atomic E-state index is 13.3. The molecule has 3 heterocycles. The predicted octanol–water partition coefficient (Wildman–Crippen LogP) is 4.83. The van der Waals surface area contributed by atoms with Crippen molar-refractivity contribution in [2.45, 2.75) is 30.8 Å². The van der Waals surface area contributed by atoms with Gasteiger partial charge in [0.25, 0.3) is 0 Å². The van der Waals surface area contributed by atoms with E-state index in [-0.39, 0.29) is 42.4 Å². The number of Topliss-reactive ketones (excluding diaryl/α,β-unsaturated/α-hetero) is 1. The van der Waals surface area contributed by atoms with Crippen LogP contribution in [-0.2, 0) is 9.47 Å². The molecule has 2 atom stereocenters. The molecule has 35 heavy (non-hydrogen) atoms. The van der Waals surface area contributed by atoms with E-state index in [9.17, 15) is 14.0 Å². The van der Waals surface area contributed by atoms with Crippen LogP contribution < -0.4 is 0 Å². The van der Waals surface area contributed by atoms with Gasteiger partial charge in [0.2, 0.25) is 5.95 Å². The molecule has 178 valence electrons. The number of amides is 1. The number of ether oxygens (including phenoxy) is 2. The Bertz CT molecular complexity index is 1220. The molecule has 7 heteroatoms. The van der Waals surface area contributed by atoms with Crippen molar-refractivity contribution in [2.75, 3.05) is 19.8 Å². The van der Waals surface area contributed by atoms with Gasteiger partial charge in [-0.15, -0.1) is 0 Å². The number of hydrogen-bond acceptors (Lipinski definition) is 5. The number of aromatic nitrogens is 1. The summed E-state index contributed by atoms with van der Waals surface area (Å²) in [6.07, 6.45) is 1.88. The lowest BCUT2D eigenvalue weighted by atomic mass is 9.81. The van der Waals surface area contributed by atoms with Crippen LogP contribution in [0.1, 0.15) is 40.2 Å². The Kier molecular flexibility index (Phi) is 5.57. The molecule has 2 saturated heterocycles.